The van der Waals surface area contributed by atoms with Gasteiger partial charge in [0.05, 0.1) is 58.0 Å². The summed E-state index contributed by atoms with van der Waals surface area (Å²) in [5.74, 6) is -4.40. The van der Waals surface area contributed by atoms with E-state index in [-0.39, 0.29) is 61.0 Å². The van der Waals surface area contributed by atoms with Crippen LogP contribution in [0.3, 0.4) is 0 Å². The average molecular weight is 789 g/mol. The minimum absolute atomic E-state index is 0.0382. The Bertz CT molecular complexity index is 2920. The lowest BCUT2D eigenvalue weighted by molar-refractivity contribution is 0.0641. The number of carbonyl (C=O) groups is 2. The lowest BCUT2D eigenvalue weighted by Gasteiger charge is -2.38. The third-order valence-corrected chi connectivity index (χ3v) is 12.2. The van der Waals surface area contributed by atoms with Crippen molar-refractivity contribution in [2.75, 3.05) is 26.2 Å². The molecule has 4 atom stereocenters. The van der Waals surface area contributed by atoms with Crippen LogP contribution in [-0.4, -0.2) is 86.5 Å². The summed E-state index contributed by atoms with van der Waals surface area (Å²) in [6.45, 7) is 2.98. The molecule has 12 nitrogen and oxygen atoms in total. The average Bonchev–Trinajstić information content (AvgIpc) is 4.05. The molecule has 0 spiro atoms. The molecule has 2 N–H and O–H groups in total. The van der Waals surface area contributed by atoms with Crippen molar-refractivity contribution >= 4 is 45.2 Å². The second-order valence-electron chi connectivity index (χ2n) is 15.4. The number of rotatable bonds is 6. The number of fused-ring (bicyclic) bond motifs is 6. The highest BCUT2D eigenvalue weighted by Gasteiger charge is 2.39. The van der Waals surface area contributed by atoms with Crippen molar-refractivity contribution < 1.29 is 27.2 Å². The van der Waals surface area contributed by atoms with Gasteiger partial charge < -0.3 is 19.8 Å². The first-order valence-corrected chi connectivity index (χ1v) is 19.2. The van der Waals surface area contributed by atoms with Gasteiger partial charge in [0.1, 0.15) is 34.9 Å². The lowest BCUT2D eigenvalue weighted by atomic mass is 9.80. The molecule has 16 heteroatoms. The van der Waals surface area contributed by atoms with E-state index in [9.17, 15) is 18.4 Å². The van der Waals surface area contributed by atoms with E-state index in [1.807, 2.05) is 27.1 Å². The zero-order valence-electron chi connectivity index (χ0n) is 31.2. The third-order valence-electron chi connectivity index (χ3n) is 12.2. The van der Waals surface area contributed by atoms with Crippen LogP contribution in [0.2, 0.25) is 0 Å². The Labute approximate surface area is 327 Å². The van der Waals surface area contributed by atoms with Crippen LogP contribution in [0, 0.1) is 35.1 Å². The van der Waals surface area contributed by atoms with Gasteiger partial charge in [-0.2, -0.15) is 0 Å². The highest BCUT2D eigenvalue weighted by Crippen LogP contribution is 2.39. The van der Waals surface area contributed by atoms with E-state index in [2.05, 4.69) is 26.9 Å². The van der Waals surface area contributed by atoms with Gasteiger partial charge >= 0.3 is 0 Å². The molecule has 0 bridgehead atoms. The molecule has 0 unspecified atom stereocenters. The number of benzene rings is 2. The maximum absolute atomic E-state index is 16.8. The summed E-state index contributed by atoms with van der Waals surface area (Å²) >= 11 is 0. The zero-order valence-corrected chi connectivity index (χ0v) is 31.2. The molecular formula is C42H36F4N10O2. The third kappa shape index (κ3) is 5.79. The number of nitrogens with zero attached hydrogens (tertiary/aromatic N) is 8. The van der Waals surface area contributed by atoms with Gasteiger partial charge in [-0.3, -0.25) is 18.4 Å². The number of likely N-dealkylation sites (tertiary alicyclic amines) is 2. The molecule has 0 radical (unpaired) electrons. The number of nitrogens with one attached hydrogen (secondary N) is 2. The summed E-state index contributed by atoms with van der Waals surface area (Å²) in [5.41, 5.74) is 3.63. The van der Waals surface area contributed by atoms with Crippen LogP contribution in [-0.2, 0) is 6.42 Å². The molecule has 2 amide bonds. The molecule has 8 aromatic rings. The topological polar surface area (TPSA) is 133 Å². The summed E-state index contributed by atoms with van der Waals surface area (Å²) in [6.07, 6.45) is 11.2. The largest absolute Gasteiger partial charge is 0.345 e. The minimum atomic E-state index is -0.983. The number of aromatic amines is 2. The Morgan fingerprint density at radius 3 is 1.91 bits per heavy atom. The van der Waals surface area contributed by atoms with Gasteiger partial charge in [0, 0.05) is 62.0 Å². The van der Waals surface area contributed by atoms with E-state index in [0.29, 0.717) is 47.2 Å². The Morgan fingerprint density at radius 2 is 1.26 bits per heavy atom. The minimum Gasteiger partial charge on any atom is -0.345 e. The van der Waals surface area contributed by atoms with Crippen molar-refractivity contribution in [2.45, 2.75) is 38.0 Å². The van der Waals surface area contributed by atoms with Crippen LogP contribution in [0.15, 0.2) is 79.6 Å². The fraction of sp³-hybridized carbons (Fsp3) is 0.286. The van der Waals surface area contributed by atoms with Gasteiger partial charge in [-0.25, -0.2) is 37.5 Å². The highest BCUT2D eigenvalue weighted by atomic mass is 19.1. The van der Waals surface area contributed by atoms with E-state index in [0.717, 1.165) is 35.1 Å². The Morgan fingerprint density at radius 1 is 0.690 bits per heavy atom. The molecule has 8 heterocycles. The van der Waals surface area contributed by atoms with Gasteiger partial charge in [0.2, 0.25) is 0 Å². The Kier molecular flexibility index (Phi) is 8.53. The molecule has 0 aliphatic carbocycles. The summed E-state index contributed by atoms with van der Waals surface area (Å²) in [5, 5.41) is 0. The van der Waals surface area contributed by atoms with Gasteiger partial charge in [-0.05, 0) is 67.5 Å². The zero-order chi connectivity index (χ0) is 39.8. The van der Waals surface area contributed by atoms with Crippen molar-refractivity contribution in [1.29, 1.82) is 0 Å². The maximum atomic E-state index is 16.8. The normalized spacial score (nSPS) is 20.2. The van der Waals surface area contributed by atoms with E-state index >= 15 is 8.78 Å². The van der Waals surface area contributed by atoms with Crippen molar-refractivity contribution in [2.24, 2.45) is 11.8 Å². The van der Waals surface area contributed by atoms with Crippen molar-refractivity contribution in [3.63, 3.8) is 0 Å². The Balaban J connectivity index is 0.970. The van der Waals surface area contributed by atoms with Gasteiger partial charge in [-0.1, -0.05) is 6.92 Å². The first-order valence-electron chi connectivity index (χ1n) is 19.2. The predicted molar refractivity (Wildman–Crippen MR) is 205 cm³/mol. The first-order chi connectivity index (χ1) is 28.1. The number of H-pyrrole nitrogens is 2. The van der Waals surface area contributed by atoms with Crippen molar-refractivity contribution in [3.05, 3.63) is 131 Å². The summed E-state index contributed by atoms with van der Waals surface area (Å²) in [7, 11) is 0. The number of piperidine rings is 2. The van der Waals surface area contributed by atoms with Crippen molar-refractivity contribution in [1.82, 2.24) is 48.5 Å². The quantitative estimate of drug-likeness (QED) is 0.174. The lowest BCUT2D eigenvalue weighted by Crippen LogP contribution is -2.44. The van der Waals surface area contributed by atoms with Crippen molar-refractivity contribution in [3.8, 4) is 0 Å². The summed E-state index contributed by atoms with van der Waals surface area (Å²) < 4.78 is 65.2. The van der Waals surface area contributed by atoms with Gasteiger partial charge in [-0.15, -0.1) is 0 Å². The molecular weight excluding hydrogens is 753 g/mol. The number of halogens is 4. The number of amides is 2. The van der Waals surface area contributed by atoms with Gasteiger partial charge in [0.25, 0.3) is 11.8 Å². The number of hydrogen-bond donors (Lipinski definition) is 2. The van der Waals surface area contributed by atoms with E-state index in [4.69, 9.17) is 9.97 Å². The van der Waals surface area contributed by atoms with Crippen LogP contribution in [0.1, 0.15) is 69.5 Å². The highest BCUT2D eigenvalue weighted by molar-refractivity contribution is 5.95. The van der Waals surface area contributed by atoms with Crippen LogP contribution in [0.4, 0.5) is 17.6 Å². The molecule has 2 fully saturated rings. The second kappa shape index (κ2) is 13.8. The van der Waals surface area contributed by atoms with E-state index < -0.39 is 46.9 Å². The van der Waals surface area contributed by atoms with Crippen LogP contribution in [0.5, 0.6) is 0 Å². The fourth-order valence-electron chi connectivity index (χ4n) is 9.05. The Hall–Kier alpha value is -6.58. The first kappa shape index (κ1) is 35.8. The second-order valence-corrected chi connectivity index (χ2v) is 15.4. The summed E-state index contributed by atoms with van der Waals surface area (Å²) in [4.78, 5) is 55.7. The molecule has 0 saturated carbocycles. The number of aromatic nitrogens is 8. The molecule has 58 heavy (non-hydrogen) atoms. The smallest absolute Gasteiger partial charge is 0.256 e. The van der Waals surface area contributed by atoms with Crippen LogP contribution >= 0.6 is 0 Å². The van der Waals surface area contributed by atoms with E-state index in [1.165, 1.54) is 11.0 Å². The number of hydrogen-bond acceptors (Lipinski definition) is 6. The monoisotopic (exact) mass is 788 g/mol. The molecule has 2 saturated heterocycles. The number of carbonyl (C=O) groups excluding carboxylic acids is 2. The summed E-state index contributed by atoms with van der Waals surface area (Å²) in [6, 6.07) is 8.91. The molecule has 294 valence electrons. The molecule has 2 aromatic carbocycles. The molecule has 2 aliphatic heterocycles. The number of imidazole rings is 2. The standard InChI is InChI=1S/C42H36F4N10O2/c1-22-8-12-53(20-30(22)39-51-18-25-16-49-37-34(55(25)39)6-10-47-37)42(58)28-4-5-32(44)29(36(28)46)14-23-9-13-54(41(57)27-3-2-24(43)15-33(27)45)21-31(23)40-52-19-26-17-50-38-35(56(26)40)7-11-48-38/h2-7,10-11,15-19,22-23,30-31,47-48H,8-9,12-14,20-21H2,1H3/t22-,23-,30+,31-/m0/s1. The SMILES string of the molecule is C[C@H]1CCN(C(=O)c2ccc(F)c(C[C@@H]3CCN(C(=O)c4ccc(F)cc4F)C[C@@H]3c3ncc4cnc5[nH]ccc5n34)c2F)C[C@H]1c1ncc2cnc3[nH]ccc3n12. The maximum Gasteiger partial charge on any atom is 0.256 e. The van der Waals surface area contributed by atoms with Crippen LogP contribution < -0.4 is 0 Å². The van der Waals surface area contributed by atoms with Crippen LogP contribution in [0.25, 0.3) is 33.4 Å². The van der Waals surface area contributed by atoms with Gasteiger partial charge in [0.15, 0.2) is 11.3 Å². The molecule has 10 rings (SSSR count). The predicted octanol–water partition coefficient (Wildman–Crippen LogP) is 7.05. The molecule has 6 aromatic heterocycles. The molecule has 2 aliphatic rings. The fourth-order valence-corrected chi connectivity index (χ4v) is 9.05. The van der Waals surface area contributed by atoms with E-state index in [1.54, 1.807) is 35.9 Å².